The Morgan fingerprint density at radius 2 is 1.95 bits per heavy atom. The molecule has 1 unspecified atom stereocenters. The number of nitrogens with two attached hydrogens (primary N) is 1. The van der Waals surface area contributed by atoms with Crippen molar-refractivity contribution in [2.24, 2.45) is 5.73 Å². The summed E-state index contributed by atoms with van der Waals surface area (Å²) in [4.78, 5) is 12.6. The molecule has 0 saturated heterocycles. The van der Waals surface area contributed by atoms with E-state index in [1.165, 1.54) is 11.3 Å². The second kappa shape index (κ2) is 5.34. The molecule has 0 bridgehead atoms. The Labute approximate surface area is 115 Å². The highest BCUT2D eigenvalue weighted by molar-refractivity contribution is 7.10. The predicted molar refractivity (Wildman–Crippen MR) is 67.0 cm³/mol. The second-order valence-corrected chi connectivity index (χ2v) is 5.03. The normalized spacial score (nSPS) is 13.2. The summed E-state index contributed by atoms with van der Waals surface area (Å²) >= 11 is 1.25. The van der Waals surface area contributed by atoms with Gasteiger partial charge >= 0.3 is 6.18 Å². The van der Waals surface area contributed by atoms with Crippen LogP contribution in [-0.2, 0) is 6.18 Å². The van der Waals surface area contributed by atoms with Crippen molar-refractivity contribution in [3.05, 3.63) is 57.5 Å². The summed E-state index contributed by atoms with van der Waals surface area (Å²) in [7, 11) is 0. The maximum atomic E-state index is 13.4. The second-order valence-electron chi connectivity index (χ2n) is 4.05. The van der Waals surface area contributed by atoms with Crippen LogP contribution >= 0.6 is 11.3 Å². The van der Waals surface area contributed by atoms with E-state index >= 15 is 0 Å². The Bertz CT molecular complexity index is 622. The van der Waals surface area contributed by atoms with E-state index in [2.05, 4.69) is 0 Å². The molecule has 106 valence electrons. The standard InChI is InChI=1S/C13H9F4NOS/c14-9-6-7(3-4-8(9)13(15,16)17)12(19)11(18)10-2-1-5-20-10/h1-6,11H,18H2. The third-order valence-corrected chi connectivity index (χ3v) is 3.65. The molecule has 0 saturated carbocycles. The van der Waals surface area contributed by atoms with Gasteiger partial charge in [0.15, 0.2) is 5.78 Å². The zero-order valence-corrected chi connectivity index (χ0v) is 10.8. The average molecular weight is 303 g/mol. The van der Waals surface area contributed by atoms with Crippen molar-refractivity contribution < 1.29 is 22.4 Å². The summed E-state index contributed by atoms with van der Waals surface area (Å²) in [5, 5.41) is 1.72. The Kier molecular flexibility index (Phi) is 3.92. The van der Waals surface area contributed by atoms with Gasteiger partial charge in [0.05, 0.1) is 5.56 Å². The van der Waals surface area contributed by atoms with E-state index in [0.29, 0.717) is 17.0 Å². The molecule has 0 spiro atoms. The van der Waals surface area contributed by atoms with Gasteiger partial charge < -0.3 is 5.73 Å². The molecule has 1 aromatic heterocycles. The van der Waals surface area contributed by atoms with E-state index in [-0.39, 0.29) is 5.56 Å². The molecule has 2 aromatic rings. The van der Waals surface area contributed by atoms with Gasteiger partial charge in [-0.25, -0.2) is 4.39 Å². The van der Waals surface area contributed by atoms with Crippen molar-refractivity contribution >= 4 is 17.1 Å². The van der Waals surface area contributed by atoms with Crippen molar-refractivity contribution in [2.45, 2.75) is 12.2 Å². The lowest BCUT2D eigenvalue weighted by Gasteiger charge is -2.11. The number of ketones is 1. The monoisotopic (exact) mass is 303 g/mol. The van der Waals surface area contributed by atoms with E-state index < -0.39 is 29.4 Å². The topological polar surface area (TPSA) is 43.1 Å². The lowest BCUT2D eigenvalue weighted by molar-refractivity contribution is -0.140. The minimum atomic E-state index is -4.79. The fourth-order valence-electron chi connectivity index (χ4n) is 1.68. The third kappa shape index (κ3) is 2.88. The number of hydrogen-bond donors (Lipinski definition) is 1. The number of Topliss-reactive ketones (excluding diaryl/α,β-unsaturated/α-hetero) is 1. The maximum Gasteiger partial charge on any atom is 0.419 e. The minimum Gasteiger partial charge on any atom is -0.317 e. The van der Waals surface area contributed by atoms with Gasteiger partial charge in [0.25, 0.3) is 0 Å². The smallest absolute Gasteiger partial charge is 0.317 e. The van der Waals surface area contributed by atoms with Crippen LogP contribution in [-0.4, -0.2) is 5.78 Å². The summed E-state index contributed by atoms with van der Waals surface area (Å²) < 4.78 is 50.6. The number of hydrogen-bond acceptors (Lipinski definition) is 3. The van der Waals surface area contributed by atoms with Gasteiger partial charge in [-0.15, -0.1) is 11.3 Å². The van der Waals surface area contributed by atoms with Crippen LogP contribution < -0.4 is 5.73 Å². The van der Waals surface area contributed by atoms with Crippen LogP contribution in [0.3, 0.4) is 0 Å². The Morgan fingerprint density at radius 3 is 2.45 bits per heavy atom. The van der Waals surface area contributed by atoms with E-state index in [9.17, 15) is 22.4 Å². The van der Waals surface area contributed by atoms with Gasteiger partial charge in [0, 0.05) is 10.4 Å². The average Bonchev–Trinajstić information content (AvgIpc) is 2.89. The lowest BCUT2D eigenvalue weighted by atomic mass is 10.0. The van der Waals surface area contributed by atoms with Crippen LogP contribution in [0.2, 0.25) is 0 Å². The van der Waals surface area contributed by atoms with Crippen LogP contribution in [0.15, 0.2) is 35.7 Å². The van der Waals surface area contributed by atoms with Gasteiger partial charge in [-0.1, -0.05) is 12.1 Å². The highest BCUT2D eigenvalue weighted by Crippen LogP contribution is 2.32. The highest BCUT2D eigenvalue weighted by Gasteiger charge is 2.34. The van der Waals surface area contributed by atoms with E-state index in [4.69, 9.17) is 5.73 Å². The molecule has 0 fully saturated rings. The maximum absolute atomic E-state index is 13.4. The number of carbonyl (C=O) groups excluding carboxylic acids is 1. The Balaban J connectivity index is 2.30. The summed E-state index contributed by atoms with van der Waals surface area (Å²) in [5.41, 5.74) is 4.12. The number of carbonyl (C=O) groups is 1. The molecule has 20 heavy (non-hydrogen) atoms. The summed E-state index contributed by atoms with van der Waals surface area (Å²) in [6.07, 6.45) is -4.79. The van der Waals surface area contributed by atoms with Gasteiger partial charge in [-0.2, -0.15) is 13.2 Å². The number of rotatable bonds is 3. The molecule has 0 amide bonds. The zero-order valence-electron chi connectivity index (χ0n) is 9.95. The Hall–Kier alpha value is -1.73. The molecular weight excluding hydrogens is 294 g/mol. The van der Waals surface area contributed by atoms with E-state index in [1.54, 1.807) is 17.5 Å². The molecular formula is C13H9F4NOS. The fourth-order valence-corrected chi connectivity index (χ4v) is 2.40. The van der Waals surface area contributed by atoms with Crippen molar-refractivity contribution in [3.8, 4) is 0 Å². The first-order valence-corrected chi connectivity index (χ1v) is 6.38. The number of alkyl halides is 3. The first kappa shape index (κ1) is 14.7. The summed E-state index contributed by atoms with van der Waals surface area (Å²) in [6, 6.07) is 4.36. The molecule has 1 atom stereocenters. The molecule has 1 aromatic carbocycles. The van der Waals surface area contributed by atoms with Crippen LogP contribution in [0, 0.1) is 5.82 Å². The molecule has 2 rings (SSSR count). The predicted octanol–water partition coefficient (Wildman–Crippen LogP) is 3.79. The van der Waals surface area contributed by atoms with Crippen LogP contribution in [0.4, 0.5) is 17.6 Å². The SMILES string of the molecule is NC(C(=O)c1ccc(C(F)(F)F)c(F)c1)c1cccs1. The summed E-state index contributed by atoms with van der Waals surface area (Å²) in [5.74, 6) is -2.11. The molecule has 7 heteroatoms. The zero-order chi connectivity index (χ0) is 14.9. The van der Waals surface area contributed by atoms with Gasteiger partial charge in [0.2, 0.25) is 0 Å². The van der Waals surface area contributed by atoms with E-state index in [1.807, 2.05) is 0 Å². The van der Waals surface area contributed by atoms with E-state index in [0.717, 1.165) is 6.07 Å². The van der Waals surface area contributed by atoms with Crippen molar-refractivity contribution in [1.82, 2.24) is 0 Å². The van der Waals surface area contributed by atoms with Crippen LogP contribution in [0.1, 0.15) is 26.8 Å². The number of thiophene rings is 1. The number of halogens is 4. The van der Waals surface area contributed by atoms with Gasteiger partial charge in [0.1, 0.15) is 11.9 Å². The largest absolute Gasteiger partial charge is 0.419 e. The van der Waals surface area contributed by atoms with Crippen LogP contribution in [0.25, 0.3) is 0 Å². The first-order chi connectivity index (χ1) is 9.30. The molecule has 1 heterocycles. The minimum absolute atomic E-state index is 0.184. The third-order valence-electron chi connectivity index (χ3n) is 2.69. The van der Waals surface area contributed by atoms with Crippen molar-refractivity contribution in [1.29, 1.82) is 0 Å². The van der Waals surface area contributed by atoms with Crippen LogP contribution in [0.5, 0.6) is 0 Å². The lowest BCUT2D eigenvalue weighted by Crippen LogP contribution is -2.21. The number of benzene rings is 1. The summed E-state index contributed by atoms with van der Waals surface area (Å²) in [6.45, 7) is 0. The molecule has 0 aliphatic rings. The first-order valence-electron chi connectivity index (χ1n) is 5.50. The molecule has 2 nitrogen and oxygen atoms in total. The quantitative estimate of drug-likeness (QED) is 0.692. The molecule has 0 radical (unpaired) electrons. The van der Waals surface area contributed by atoms with Crippen molar-refractivity contribution in [2.75, 3.05) is 0 Å². The molecule has 0 aliphatic heterocycles. The van der Waals surface area contributed by atoms with Gasteiger partial charge in [-0.3, -0.25) is 4.79 Å². The molecule has 2 N–H and O–H groups in total. The van der Waals surface area contributed by atoms with Gasteiger partial charge in [-0.05, 0) is 23.6 Å². The Morgan fingerprint density at radius 1 is 1.25 bits per heavy atom. The fraction of sp³-hybridized carbons (Fsp3) is 0.154. The molecule has 0 aliphatic carbocycles. The highest BCUT2D eigenvalue weighted by atomic mass is 32.1. The van der Waals surface area contributed by atoms with Crippen molar-refractivity contribution in [3.63, 3.8) is 0 Å².